The summed E-state index contributed by atoms with van der Waals surface area (Å²) in [6.07, 6.45) is 1.82. The Morgan fingerprint density at radius 1 is 1.28 bits per heavy atom. The first kappa shape index (κ1) is 13.5. The number of aryl methyl sites for hydroxylation is 1. The van der Waals surface area contributed by atoms with Crippen molar-refractivity contribution in [3.63, 3.8) is 0 Å². The average molecular weight is 284 g/mol. The molecule has 0 amide bonds. The molecule has 0 aromatic carbocycles. The predicted molar refractivity (Wildman–Crippen MR) is 71.0 cm³/mol. The van der Waals surface area contributed by atoms with E-state index in [2.05, 4.69) is 47.2 Å². The lowest BCUT2D eigenvalue weighted by atomic mass is 9.96. The zero-order valence-electron chi connectivity index (χ0n) is 10.9. The minimum Gasteiger partial charge on any atom is -0.416 e. The van der Waals surface area contributed by atoms with E-state index in [0.717, 1.165) is 23.0 Å². The smallest absolute Gasteiger partial charge is 0.283 e. The van der Waals surface area contributed by atoms with Gasteiger partial charge in [-0.3, -0.25) is 0 Å². The molecule has 0 bridgehead atoms. The average Bonchev–Trinajstić information content (AvgIpc) is 2.88. The van der Waals surface area contributed by atoms with E-state index in [1.165, 1.54) is 23.3 Å². The summed E-state index contributed by atoms with van der Waals surface area (Å²) in [5.41, 5.74) is -0.0302. The Labute approximate surface area is 115 Å². The fourth-order valence-electron chi connectivity index (χ4n) is 1.22. The molecule has 0 atom stereocenters. The second-order valence-electron chi connectivity index (χ2n) is 4.95. The van der Waals surface area contributed by atoms with Crippen molar-refractivity contribution >= 4 is 23.3 Å². The molecule has 0 aliphatic rings. The van der Waals surface area contributed by atoms with Crippen LogP contribution in [-0.2, 0) is 11.8 Å². The van der Waals surface area contributed by atoms with Gasteiger partial charge in [-0.25, -0.2) is 4.98 Å². The van der Waals surface area contributed by atoms with Gasteiger partial charge in [-0.1, -0.05) is 27.7 Å². The van der Waals surface area contributed by atoms with Gasteiger partial charge in [0.25, 0.3) is 5.22 Å². The van der Waals surface area contributed by atoms with Gasteiger partial charge in [0, 0.05) is 23.6 Å². The molecule has 0 saturated heterocycles. The molecule has 2 aromatic heterocycles. The molecule has 0 saturated carbocycles. The van der Waals surface area contributed by atoms with Crippen molar-refractivity contribution in [3.8, 4) is 0 Å². The number of nitrogens with zero attached hydrogens (tertiary/aromatic N) is 4. The standard InChI is InChI=1S/C11H16N4OS2/c1-5-6-7-13-14-9(16-7)17-10-12-8(15-18-10)11(2,3)4/h5-6H2,1-4H3. The third-order valence-electron chi connectivity index (χ3n) is 2.17. The first-order valence-corrected chi connectivity index (χ1v) is 7.42. The molecule has 2 aromatic rings. The molecule has 18 heavy (non-hydrogen) atoms. The molecule has 0 N–H and O–H groups in total. The van der Waals surface area contributed by atoms with Gasteiger partial charge in [0.15, 0.2) is 4.34 Å². The summed E-state index contributed by atoms with van der Waals surface area (Å²) in [6.45, 7) is 8.36. The quantitative estimate of drug-likeness (QED) is 0.858. The fourth-order valence-corrected chi connectivity index (χ4v) is 2.81. The topological polar surface area (TPSA) is 64.7 Å². The first-order valence-electron chi connectivity index (χ1n) is 5.83. The van der Waals surface area contributed by atoms with E-state index < -0.39 is 0 Å². The van der Waals surface area contributed by atoms with Crippen molar-refractivity contribution in [2.24, 2.45) is 0 Å². The molecule has 2 rings (SSSR count). The van der Waals surface area contributed by atoms with Crippen LogP contribution >= 0.6 is 23.3 Å². The van der Waals surface area contributed by atoms with Crippen LogP contribution in [0.15, 0.2) is 14.0 Å². The Hall–Kier alpha value is -0.950. The van der Waals surface area contributed by atoms with Crippen LogP contribution < -0.4 is 0 Å². The summed E-state index contributed by atoms with van der Waals surface area (Å²) in [4.78, 5) is 4.47. The fraction of sp³-hybridized carbons (Fsp3) is 0.636. The van der Waals surface area contributed by atoms with Gasteiger partial charge in [0.2, 0.25) is 5.89 Å². The van der Waals surface area contributed by atoms with Gasteiger partial charge in [-0.15, -0.1) is 10.2 Å². The summed E-state index contributed by atoms with van der Waals surface area (Å²) >= 11 is 2.74. The zero-order chi connectivity index (χ0) is 13.2. The second-order valence-corrected chi connectivity index (χ2v) is 6.90. The van der Waals surface area contributed by atoms with Gasteiger partial charge in [0.1, 0.15) is 5.82 Å². The summed E-state index contributed by atoms with van der Waals surface area (Å²) in [5.74, 6) is 1.53. The Bertz CT molecular complexity index is 515. The van der Waals surface area contributed by atoms with Gasteiger partial charge < -0.3 is 4.42 Å². The highest BCUT2D eigenvalue weighted by atomic mass is 32.2. The van der Waals surface area contributed by atoms with Crippen LogP contribution in [0.25, 0.3) is 0 Å². The van der Waals surface area contributed by atoms with Gasteiger partial charge in [-0.2, -0.15) is 4.37 Å². The lowest BCUT2D eigenvalue weighted by molar-refractivity contribution is 0.411. The molecule has 0 aliphatic carbocycles. The molecule has 0 aliphatic heterocycles. The van der Waals surface area contributed by atoms with Gasteiger partial charge >= 0.3 is 0 Å². The zero-order valence-corrected chi connectivity index (χ0v) is 12.6. The lowest BCUT2D eigenvalue weighted by Crippen LogP contribution is -2.12. The molecule has 0 unspecified atom stereocenters. The highest BCUT2D eigenvalue weighted by Gasteiger charge is 2.20. The maximum absolute atomic E-state index is 5.50. The highest BCUT2D eigenvalue weighted by Crippen LogP contribution is 2.30. The van der Waals surface area contributed by atoms with Gasteiger partial charge in [0.05, 0.1) is 0 Å². The van der Waals surface area contributed by atoms with Crippen molar-refractivity contribution in [2.45, 2.75) is 55.5 Å². The van der Waals surface area contributed by atoms with E-state index in [9.17, 15) is 0 Å². The molecule has 0 spiro atoms. The van der Waals surface area contributed by atoms with Crippen LogP contribution in [0.4, 0.5) is 0 Å². The number of rotatable bonds is 4. The summed E-state index contributed by atoms with van der Waals surface area (Å²) in [5, 5.41) is 8.50. The van der Waals surface area contributed by atoms with Crippen molar-refractivity contribution in [1.29, 1.82) is 0 Å². The van der Waals surface area contributed by atoms with Crippen molar-refractivity contribution in [1.82, 2.24) is 19.6 Å². The van der Waals surface area contributed by atoms with E-state index in [0.29, 0.717) is 11.1 Å². The molecular weight excluding hydrogens is 268 g/mol. The first-order chi connectivity index (χ1) is 8.49. The molecule has 5 nitrogen and oxygen atoms in total. The van der Waals surface area contributed by atoms with Gasteiger partial charge in [-0.05, 0) is 18.0 Å². The maximum Gasteiger partial charge on any atom is 0.283 e. The molecule has 2 heterocycles. The monoisotopic (exact) mass is 284 g/mol. The van der Waals surface area contributed by atoms with E-state index in [1.807, 2.05) is 0 Å². The van der Waals surface area contributed by atoms with Crippen LogP contribution in [0.3, 0.4) is 0 Å². The lowest BCUT2D eigenvalue weighted by Gasteiger charge is -2.11. The largest absolute Gasteiger partial charge is 0.416 e. The van der Waals surface area contributed by atoms with Crippen LogP contribution in [0.5, 0.6) is 0 Å². The Balaban J connectivity index is 2.06. The number of aromatic nitrogens is 4. The summed E-state index contributed by atoms with van der Waals surface area (Å²) in [6, 6.07) is 0. The van der Waals surface area contributed by atoms with E-state index in [-0.39, 0.29) is 5.41 Å². The summed E-state index contributed by atoms with van der Waals surface area (Å²) in [7, 11) is 0. The molecule has 0 fully saturated rings. The SMILES string of the molecule is CCCc1nnc(Sc2nc(C(C)(C)C)ns2)o1. The van der Waals surface area contributed by atoms with E-state index in [1.54, 1.807) is 0 Å². The number of hydrogen-bond acceptors (Lipinski definition) is 7. The molecule has 0 radical (unpaired) electrons. The molecule has 98 valence electrons. The Morgan fingerprint density at radius 2 is 2.06 bits per heavy atom. The normalized spacial score (nSPS) is 12.0. The molecular formula is C11H16N4OS2. The third kappa shape index (κ3) is 3.29. The van der Waals surface area contributed by atoms with E-state index in [4.69, 9.17) is 4.42 Å². The third-order valence-corrected chi connectivity index (χ3v) is 3.76. The van der Waals surface area contributed by atoms with Crippen LogP contribution in [-0.4, -0.2) is 19.6 Å². The number of hydrogen-bond donors (Lipinski definition) is 0. The van der Waals surface area contributed by atoms with Crippen molar-refractivity contribution in [3.05, 3.63) is 11.7 Å². The second kappa shape index (κ2) is 5.36. The minimum absolute atomic E-state index is 0.0302. The van der Waals surface area contributed by atoms with Crippen LogP contribution in [0.2, 0.25) is 0 Å². The Kier molecular flexibility index (Phi) is 4.01. The Morgan fingerprint density at radius 3 is 2.67 bits per heavy atom. The van der Waals surface area contributed by atoms with Crippen molar-refractivity contribution < 1.29 is 4.42 Å². The van der Waals surface area contributed by atoms with Crippen LogP contribution in [0, 0.1) is 0 Å². The minimum atomic E-state index is -0.0302. The predicted octanol–water partition coefficient (Wildman–Crippen LogP) is 3.32. The highest BCUT2D eigenvalue weighted by molar-refractivity contribution is 8.00. The maximum atomic E-state index is 5.50. The summed E-state index contributed by atoms with van der Waals surface area (Å²) < 4.78 is 10.7. The molecule has 7 heteroatoms. The van der Waals surface area contributed by atoms with Crippen LogP contribution in [0.1, 0.15) is 45.8 Å². The van der Waals surface area contributed by atoms with Crippen molar-refractivity contribution in [2.75, 3.05) is 0 Å². The van der Waals surface area contributed by atoms with E-state index >= 15 is 0 Å².